The number of amides is 2. The van der Waals surface area contributed by atoms with Crippen molar-refractivity contribution in [2.45, 2.75) is 6.42 Å². The zero-order valence-corrected chi connectivity index (χ0v) is 13.4. The Morgan fingerprint density at radius 2 is 2.08 bits per heavy atom. The molecule has 0 aromatic heterocycles. The molecule has 0 bridgehead atoms. The van der Waals surface area contributed by atoms with Crippen LogP contribution in [0.4, 0.5) is 0 Å². The van der Waals surface area contributed by atoms with Crippen LogP contribution in [0, 0.1) is 0 Å². The first-order valence-corrected chi connectivity index (χ1v) is 7.80. The zero-order valence-electron chi connectivity index (χ0n) is 13.4. The van der Waals surface area contributed by atoms with Gasteiger partial charge in [0.1, 0.15) is 0 Å². The van der Waals surface area contributed by atoms with Crippen molar-refractivity contribution in [3.63, 3.8) is 0 Å². The number of hydrogen-bond donors (Lipinski definition) is 1. The number of imide groups is 1. The van der Waals surface area contributed by atoms with E-state index in [9.17, 15) is 9.59 Å². The summed E-state index contributed by atoms with van der Waals surface area (Å²) in [7, 11) is 0. The van der Waals surface area contributed by atoms with Crippen molar-refractivity contribution in [3.05, 3.63) is 63.2 Å². The summed E-state index contributed by atoms with van der Waals surface area (Å²) in [5, 5.41) is 12.4. The molecule has 0 saturated carbocycles. The molecule has 8 heteroatoms. The first-order chi connectivity index (χ1) is 12.2. The third-order valence-corrected chi connectivity index (χ3v) is 4.05. The molecule has 1 heterocycles. The van der Waals surface area contributed by atoms with Crippen molar-refractivity contribution in [3.8, 4) is 0 Å². The van der Waals surface area contributed by atoms with Gasteiger partial charge in [0.25, 0.3) is 11.8 Å². The zero-order chi connectivity index (χ0) is 17.8. The molecule has 1 aromatic rings. The molecule has 1 N–H and O–H groups in total. The second kappa shape index (κ2) is 7.31. The molecule has 0 unspecified atom stereocenters. The number of carbonyl (C=O) groups excluding carboxylic acids is 2. The minimum absolute atomic E-state index is 0.103. The number of benzene rings is 1. The van der Waals surface area contributed by atoms with Crippen LogP contribution in [0.3, 0.4) is 0 Å². The number of carbonyl (C=O) groups is 2. The molecule has 0 fully saturated rings. The average Bonchev–Trinajstić information content (AvgIpc) is 2.79. The number of nitrogens with zero attached hydrogens (tertiary/aromatic N) is 4. The van der Waals surface area contributed by atoms with Crippen molar-refractivity contribution < 1.29 is 19.4 Å². The monoisotopic (exact) mass is 340 g/mol. The van der Waals surface area contributed by atoms with E-state index in [1.54, 1.807) is 24.3 Å². The van der Waals surface area contributed by atoms with E-state index in [0.29, 0.717) is 28.8 Å². The Bertz CT molecular complexity index is 837. The fourth-order valence-electron chi connectivity index (χ4n) is 2.97. The Hall–Kier alpha value is -2.93. The molecule has 1 aliphatic heterocycles. The third-order valence-electron chi connectivity index (χ3n) is 4.05. The highest BCUT2D eigenvalue weighted by molar-refractivity contribution is 6.31. The smallest absolute Gasteiger partial charge is 0.261 e. The van der Waals surface area contributed by atoms with Crippen LogP contribution in [0.5, 0.6) is 0 Å². The Morgan fingerprint density at radius 3 is 2.84 bits per heavy atom. The van der Waals surface area contributed by atoms with Crippen LogP contribution in [0.2, 0.25) is 0 Å². The third kappa shape index (κ3) is 3.18. The highest BCUT2D eigenvalue weighted by Crippen LogP contribution is 2.34. The first kappa shape index (κ1) is 16.9. The molecular weight excluding hydrogens is 324 g/mol. The number of ether oxygens (including phenoxy) is 1. The second-order valence-corrected chi connectivity index (χ2v) is 5.54. The van der Waals surface area contributed by atoms with Crippen LogP contribution in [-0.2, 0) is 16.0 Å². The van der Waals surface area contributed by atoms with Gasteiger partial charge < -0.3 is 9.84 Å². The molecular formula is C17H16N4O4. The number of allylic oxidation sites excluding steroid dienone is 3. The predicted octanol–water partition coefficient (Wildman–Crippen LogP) is 1.81. The summed E-state index contributed by atoms with van der Waals surface area (Å²) in [5.41, 5.74) is 11.4. The van der Waals surface area contributed by atoms with Crippen LogP contribution >= 0.6 is 0 Å². The lowest BCUT2D eigenvalue weighted by molar-refractivity contribution is -0.123. The topological polar surface area (TPSA) is 116 Å². The minimum atomic E-state index is -0.406. The van der Waals surface area contributed by atoms with Gasteiger partial charge in [-0.25, -0.2) is 0 Å². The molecule has 0 atom stereocenters. The molecule has 3 rings (SSSR count). The van der Waals surface area contributed by atoms with E-state index >= 15 is 0 Å². The summed E-state index contributed by atoms with van der Waals surface area (Å²) in [6.07, 6.45) is 3.55. The number of aliphatic hydroxyl groups is 1. The fourth-order valence-corrected chi connectivity index (χ4v) is 2.97. The van der Waals surface area contributed by atoms with Crippen molar-refractivity contribution >= 4 is 17.4 Å². The molecule has 1 aromatic carbocycles. The van der Waals surface area contributed by atoms with Crippen LogP contribution < -0.4 is 0 Å². The summed E-state index contributed by atoms with van der Waals surface area (Å²) < 4.78 is 5.17. The van der Waals surface area contributed by atoms with E-state index in [0.717, 1.165) is 10.5 Å². The molecule has 2 amide bonds. The highest BCUT2D eigenvalue weighted by Gasteiger charge is 2.36. The Kier molecular flexibility index (Phi) is 4.95. The summed E-state index contributed by atoms with van der Waals surface area (Å²) in [6, 6.07) is 5.25. The Labute approximate surface area is 143 Å². The molecule has 0 spiro atoms. The van der Waals surface area contributed by atoms with E-state index in [2.05, 4.69) is 10.0 Å². The van der Waals surface area contributed by atoms with Crippen molar-refractivity contribution in [1.82, 2.24) is 4.90 Å². The molecule has 1 aliphatic carbocycles. The van der Waals surface area contributed by atoms with Gasteiger partial charge in [0.15, 0.2) is 0 Å². The summed E-state index contributed by atoms with van der Waals surface area (Å²) in [4.78, 5) is 29.5. The van der Waals surface area contributed by atoms with Crippen molar-refractivity contribution in [1.29, 1.82) is 0 Å². The number of rotatable bonds is 6. The standard InChI is InChI=1S/C17H16N4O4/c18-20-19-12-4-5-14-15-11(10-12)2-1-3-13(15)16(23)21(17(14)24)6-8-25-9-7-22/h1-5,22H,6-10H2. The van der Waals surface area contributed by atoms with Gasteiger partial charge in [-0.2, -0.15) is 0 Å². The summed E-state index contributed by atoms with van der Waals surface area (Å²) in [6.45, 7) is 0.288. The van der Waals surface area contributed by atoms with Gasteiger partial charge in [0.2, 0.25) is 0 Å². The van der Waals surface area contributed by atoms with Gasteiger partial charge in [-0.05, 0) is 23.2 Å². The molecule has 128 valence electrons. The number of aliphatic hydroxyl groups excluding tert-OH is 1. The van der Waals surface area contributed by atoms with Gasteiger partial charge in [-0.15, -0.1) is 0 Å². The maximum atomic E-state index is 12.8. The lowest BCUT2D eigenvalue weighted by Crippen LogP contribution is -2.43. The molecule has 8 nitrogen and oxygen atoms in total. The van der Waals surface area contributed by atoms with Crippen LogP contribution in [0.15, 0.2) is 41.2 Å². The lowest BCUT2D eigenvalue weighted by atomic mass is 9.89. The van der Waals surface area contributed by atoms with Crippen molar-refractivity contribution in [2.24, 2.45) is 5.11 Å². The van der Waals surface area contributed by atoms with Crippen LogP contribution in [0.25, 0.3) is 16.0 Å². The first-order valence-electron chi connectivity index (χ1n) is 7.80. The normalized spacial score (nSPS) is 15.8. The Balaban J connectivity index is 2.00. The van der Waals surface area contributed by atoms with Crippen molar-refractivity contribution in [2.75, 3.05) is 26.4 Å². The predicted molar refractivity (Wildman–Crippen MR) is 89.3 cm³/mol. The quantitative estimate of drug-likeness (QED) is 0.279. The van der Waals surface area contributed by atoms with Crippen LogP contribution in [-0.4, -0.2) is 48.2 Å². The lowest BCUT2D eigenvalue weighted by Gasteiger charge is -2.29. The SMILES string of the molecule is [N-]=[N+]=NC1=CC=C2C(=O)N(CCOCCO)C(=O)c3cccc(c32)C1. The number of azide groups is 1. The minimum Gasteiger partial charge on any atom is -0.394 e. The molecule has 25 heavy (non-hydrogen) atoms. The maximum absolute atomic E-state index is 12.8. The summed E-state index contributed by atoms with van der Waals surface area (Å²) >= 11 is 0. The van der Waals surface area contributed by atoms with E-state index in [1.165, 1.54) is 0 Å². The summed E-state index contributed by atoms with van der Waals surface area (Å²) in [5.74, 6) is -0.783. The maximum Gasteiger partial charge on any atom is 0.261 e. The van der Waals surface area contributed by atoms with E-state index < -0.39 is 5.91 Å². The van der Waals surface area contributed by atoms with E-state index in [1.807, 2.05) is 6.07 Å². The molecule has 0 saturated heterocycles. The molecule has 0 radical (unpaired) electrons. The largest absolute Gasteiger partial charge is 0.394 e. The fraction of sp³-hybridized carbons (Fsp3) is 0.294. The highest BCUT2D eigenvalue weighted by atomic mass is 16.5. The second-order valence-electron chi connectivity index (χ2n) is 5.54. The average molecular weight is 340 g/mol. The van der Waals surface area contributed by atoms with E-state index in [-0.39, 0.29) is 32.3 Å². The van der Waals surface area contributed by atoms with Gasteiger partial charge in [-0.3, -0.25) is 14.5 Å². The van der Waals surface area contributed by atoms with Gasteiger partial charge in [0, 0.05) is 33.7 Å². The van der Waals surface area contributed by atoms with E-state index in [4.69, 9.17) is 15.4 Å². The van der Waals surface area contributed by atoms with Crippen LogP contribution in [0.1, 0.15) is 21.5 Å². The number of hydrogen-bond acceptors (Lipinski definition) is 5. The van der Waals surface area contributed by atoms with Gasteiger partial charge in [0.05, 0.1) is 26.4 Å². The Morgan fingerprint density at radius 1 is 1.24 bits per heavy atom. The van der Waals surface area contributed by atoms with Gasteiger partial charge in [-0.1, -0.05) is 23.3 Å². The van der Waals surface area contributed by atoms with Gasteiger partial charge >= 0.3 is 0 Å². The molecule has 2 aliphatic rings.